The van der Waals surface area contributed by atoms with Crippen LogP contribution in [0.3, 0.4) is 0 Å². The van der Waals surface area contributed by atoms with Gasteiger partial charge in [-0.2, -0.15) is 0 Å². The molecule has 0 saturated carbocycles. The first-order valence-corrected chi connectivity index (χ1v) is 4.49. The molecular formula is C8H16ClN3O. The molecule has 2 atom stereocenters. The number of aliphatic hydroxyl groups excluding tert-OH is 1. The highest BCUT2D eigenvalue weighted by Gasteiger charge is 2.40. The minimum absolute atomic E-state index is 0. The average molecular weight is 206 g/mol. The van der Waals surface area contributed by atoms with E-state index in [9.17, 15) is 5.11 Å². The van der Waals surface area contributed by atoms with Crippen molar-refractivity contribution in [2.24, 2.45) is 5.73 Å². The highest BCUT2D eigenvalue weighted by atomic mass is 35.5. The van der Waals surface area contributed by atoms with Gasteiger partial charge in [0.1, 0.15) is 0 Å². The Morgan fingerprint density at radius 1 is 1.31 bits per heavy atom. The molecule has 0 radical (unpaired) electrons. The van der Waals surface area contributed by atoms with Crippen LogP contribution in [0, 0.1) is 5.41 Å². The number of rotatable bonds is 0. The van der Waals surface area contributed by atoms with E-state index in [0.717, 1.165) is 25.7 Å². The van der Waals surface area contributed by atoms with Crippen LogP contribution in [0.2, 0.25) is 0 Å². The summed E-state index contributed by atoms with van der Waals surface area (Å²) in [4.78, 5) is 1.96. The Hall–Kier alpha value is -0.480. The maximum atomic E-state index is 9.45. The largest absolute Gasteiger partial charge is 0.393 e. The van der Waals surface area contributed by atoms with Crippen LogP contribution in [-0.2, 0) is 0 Å². The monoisotopic (exact) mass is 205 g/mol. The molecule has 76 valence electrons. The lowest BCUT2D eigenvalue weighted by Gasteiger charge is -2.37. The van der Waals surface area contributed by atoms with Gasteiger partial charge in [0.05, 0.1) is 6.10 Å². The number of aliphatic hydroxyl groups is 1. The van der Waals surface area contributed by atoms with Gasteiger partial charge in [0, 0.05) is 12.1 Å². The van der Waals surface area contributed by atoms with Gasteiger partial charge >= 0.3 is 0 Å². The smallest absolute Gasteiger partial charge is 0.188 e. The fourth-order valence-electron chi connectivity index (χ4n) is 2.54. The van der Waals surface area contributed by atoms with Crippen molar-refractivity contribution in [3.05, 3.63) is 0 Å². The summed E-state index contributed by atoms with van der Waals surface area (Å²) in [6.45, 7) is 0. The number of halogens is 1. The Balaban J connectivity index is 0.000000845. The zero-order chi connectivity index (χ0) is 8.72. The van der Waals surface area contributed by atoms with E-state index < -0.39 is 0 Å². The number of guanidine groups is 1. The molecule has 0 amide bonds. The first kappa shape index (κ1) is 10.6. The predicted octanol–water partition coefficient (Wildman–Crippen LogP) is 0.289. The van der Waals surface area contributed by atoms with E-state index in [2.05, 4.69) is 0 Å². The molecule has 2 aliphatic rings. The molecule has 4 nitrogen and oxygen atoms in total. The van der Waals surface area contributed by atoms with Crippen molar-refractivity contribution in [2.75, 3.05) is 0 Å². The minimum Gasteiger partial charge on any atom is -0.393 e. The van der Waals surface area contributed by atoms with Gasteiger partial charge in [-0.15, -0.1) is 12.4 Å². The summed E-state index contributed by atoms with van der Waals surface area (Å²) in [7, 11) is 0. The van der Waals surface area contributed by atoms with Crippen LogP contribution in [-0.4, -0.2) is 34.2 Å². The highest BCUT2D eigenvalue weighted by molar-refractivity contribution is 5.85. The molecule has 2 fully saturated rings. The van der Waals surface area contributed by atoms with Crippen molar-refractivity contribution in [3.63, 3.8) is 0 Å². The van der Waals surface area contributed by atoms with Crippen molar-refractivity contribution < 1.29 is 5.11 Å². The fourth-order valence-corrected chi connectivity index (χ4v) is 2.54. The van der Waals surface area contributed by atoms with Crippen molar-refractivity contribution in [2.45, 2.75) is 43.9 Å². The molecule has 0 spiro atoms. The minimum atomic E-state index is -0.168. The Kier molecular flexibility index (Phi) is 3.03. The zero-order valence-electron chi connectivity index (χ0n) is 7.44. The second-order valence-corrected chi connectivity index (χ2v) is 3.80. The van der Waals surface area contributed by atoms with Crippen LogP contribution in [0.25, 0.3) is 0 Å². The second kappa shape index (κ2) is 3.72. The lowest BCUT2D eigenvalue weighted by molar-refractivity contribution is 0.0702. The number of fused-ring (bicyclic) bond motifs is 2. The normalized spacial score (nSPS) is 37.0. The second-order valence-electron chi connectivity index (χ2n) is 3.80. The van der Waals surface area contributed by atoms with Gasteiger partial charge in [0.25, 0.3) is 0 Å². The van der Waals surface area contributed by atoms with Gasteiger partial charge < -0.3 is 15.7 Å². The Morgan fingerprint density at radius 2 is 1.77 bits per heavy atom. The van der Waals surface area contributed by atoms with Crippen molar-refractivity contribution in [3.8, 4) is 0 Å². The number of nitrogens with two attached hydrogens (primary N) is 1. The molecule has 2 bridgehead atoms. The van der Waals surface area contributed by atoms with Gasteiger partial charge in [-0.05, 0) is 25.7 Å². The van der Waals surface area contributed by atoms with Crippen molar-refractivity contribution in [1.82, 2.24) is 4.90 Å². The lowest BCUT2D eigenvalue weighted by Crippen LogP contribution is -2.50. The number of hydrogen-bond donors (Lipinski definition) is 3. The fraction of sp³-hybridized carbons (Fsp3) is 0.875. The molecule has 2 rings (SSSR count). The van der Waals surface area contributed by atoms with Gasteiger partial charge in [0.2, 0.25) is 0 Å². The number of nitrogens with one attached hydrogen (secondary N) is 1. The van der Waals surface area contributed by atoms with Crippen LogP contribution in [0.15, 0.2) is 0 Å². The molecule has 0 aromatic rings. The molecule has 5 heteroatoms. The van der Waals surface area contributed by atoms with Gasteiger partial charge in [-0.25, -0.2) is 0 Å². The quantitative estimate of drug-likeness (QED) is 0.393. The number of hydrogen-bond acceptors (Lipinski definition) is 2. The van der Waals surface area contributed by atoms with Crippen molar-refractivity contribution in [1.29, 1.82) is 5.41 Å². The van der Waals surface area contributed by atoms with E-state index in [1.807, 2.05) is 4.90 Å². The van der Waals surface area contributed by atoms with Gasteiger partial charge in [-0.1, -0.05) is 0 Å². The van der Waals surface area contributed by atoms with E-state index >= 15 is 0 Å². The molecular weight excluding hydrogens is 190 g/mol. The molecule has 0 aliphatic carbocycles. The highest BCUT2D eigenvalue weighted by Crippen LogP contribution is 2.34. The maximum Gasteiger partial charge on any atom is 0.188 e. The molecule has 2 heterocycles. The molecule has 0 aromatic carbocycles. The van der Waals surface area contributed by atoms with E-state index in [-0.39, 0.29) is 24.5 Å². The average Bonchev–Trinajstić information content (AvgIpc) is 2.24. The SMILES string of the molecule is Cl.N=C(N)N1C2CCC1CC(O)C2. The topological polar surface area (TPSA) is 73.3 Å². The van der Waals surface area contributed by atoms with Crippen LogP contribution in [0.5, 0.6) is 0 Å². The third-order valence-corrected chi connectivity index (χ3v) is 2.99. The summed E-state index contributed by atoms with van der Waals surface area (Å²) in [6.07, 6.45) is 3.58. The van der Waals surface area contributed by atoms with E-state index in [4.69, 9.17) is 11.1 Å². The maximum absolute atomic E-state index is 9.45. The third-order valence-electron chi connectivity index (χ3n) is 2.99. The Morgan fingerprint density at radius 3 is 2.15 bits per heavy atom. The summed E-state index contributed by atoms with van der Waals surface area (Å²) in [5, 5.41) is 16.8. The molecule has 13 heavy (non-hydrogen) atoms. The van der Waals surface area contributed by atoms with Crippen LogP contribution < -0.4 is 5.73 Å². The third kappa shape index (κ3) is 1.74. The first-order valence-electron chi connectivity index (χ1n) is 4.49. The molecule has 4 N–H and O–H groups in total. The van der Waals surface area contributed by atoms with E-state index in [0.29, 0.717) is 12.1 Å². The first-order chi connectivity index (χ1) is 5.68. The number of piperidine rings is 1. The summed E-state index contributed by atoms with van der Waals surface area (Å²) in [5.74, 6) is 0.175. The summed E-state index contributed by atoms with van der Waals surface area (Å²) < 4.78 is 0. The van der Waals surface area contributed by atoms with Crippen LogP contribution in [0.1, 0.15) is 25.7 Å². The lowest BCUT2D eigenvalue weighted by atomic mass is 10.0. The molecule has 2 saturated heterocycles. The van der Waals surface area contributed by atoms with Crippen LogP contribution >= 0.6 is 12.4 Å². The zero-order valence-corrected chi connectivity index (χ0v) is 8.26. The summed E-state index contributed by atoms with van der Waals surface area (Å²) in [6, 6.07) is 0.660. The van der Waals surface area contributed by atoms with Gasteiger partial charge in [-0.3, -0.25) is 5.41 Å². The molecule has 2 unspecified atom stereocenters. The molecule has 2 aliphatic heterocycles. The van der Waals surface area contributed by atoms with Gasteiger partial charge in [0.15, 0.2) is 5.96 Å². The summed E-state index contributed by atoms with van der Waals surface area (Å²) >= 11 is 0. The standard InChI is InChI=1S/C8H15N3O.ClH/c9-8(10)11-5-1-2-6(11)4-7(12)3-5;/h5-7,12H,1-4H2,(H3,9,10);1H. The Bertz CT molecular complexity index is 198. The van der Waals surface area contributed by atoms with Crippen LogP contribution in [0.4, 0.5) is 0 Å². The summed E-state index contributed by atoms with van der Waals surface area (Å²) in [5.41, 5.74) is 5.46. The Labute approximate surface area is 84.0 Å². The molecule has 0 aromatic heterocycles. The van der Waals surface area contributed by atoms with E-state index in [1.165, 1.54) is 0 Å². The van der Waals surface area contributed by atoms with E-state index in [1.54, 1.807) is 0 Å². The predicted molar refractivity (Wildman–Crippen MR) is 53.1 cm³/mol. The number of nitrogens with zero attached hydrogens (tertiary/aromatic N) is 1. The van der Waals surface area contributed by atoms with Crippen molar-refractivity contribution >= 4 is 18.4 Å².